The first-order chi connectivity index (χ1) is 17.1. The zero-order chi connectivity index (χ0) is 28.4. The summed E-state index contributed by atoms with van der Waals surface area (Å²) >= 11 is 0. The molecule has 206 valence electrons. The third kappa shape index (κ3) is 12.3. The van der Waals surface area contributed by atoms with Crippen LogP contribution >= 0.6 is 15.6 Å². The van der Waals surface area contributed by atoms with Gasteiger partial charge in [0.2, 0.25) is 0 Å². The lowest BCUT2D eigenvalue weighted by Crippen LogP contribution is -2.28. The van der Waals surface area contributed by atoms with Crippen molar-refractivity contribution in [3.8, 4) is 0 Å². The van der Waals surface area contributed by atoms with Gasteiger partial charge in [-0.05, 0) is 57.2 Å². The summed E-state index contributed by atoms with van der Waals surface area (Å²) in [6, 6.07) is 12.8. The van der Waals surface area contributed by atoms with E-state index in [0.29, 0.717) is 22.3 Å². The maximum Gasteiger partial charge on any atom is 0.466 e. The second kappa shape index (κ2) is 14.8. The first-order valence-electron chi connectivity index (χ1n) is 11.4. The average molecular weight is 560 g/mol. The Kier molecular flexibility index (Phi) is 13.1. The van der Waals surface area contributed by atoms with E-state index >= 15 is 0 Å². The topological polar surface area (TPSA) is 205 Å². The fraction of sp³-hybridized carbons (Fsp3) is 0.391. The Hall–Kier alpha value is -2.08. The zero-order valence-electron chi connectivity index (χ0n) is 20.8. The van der Waals surface area contributed by atoms with Gasteiger partial charge in [0, 0.05) is 28.3 Å². The van der Waals surface area contributed by atoms with E-state index < -0.39 is 15.6 Å². The number of fused-ring (bicyclic) bond motifs is 2. The van der Waals surface area contributed by atoms with E-state index in [-0.39, 0.29) is 17.6 Å². The molecule has 3 rings (SSSR count). The number of ketones is 2. The normalized spacial score (nSPS) is 13.6. The minimum Gasteiger partial charge on any atom is -0.310 e. The molecule has 2 aromatic carbocycles. The number of nitrogens with one attached hydrogen (secondary N) is 1. The van der Waals surface area contributed by atoms with Gasteiger partial charge in [0.1, 0.15) is 0 Å². The third-order valence-electron chi connectivity index (χ3n) is 5.45. The number of hydrogen-bond acceptors (Lipinski definition) is 6. The highest BCUT2D eigenvalue weighted by molar-refractivity contribution is 7.45. The summed E-state index contributed by atoms with van der Waals surface area (Å²) in [5.41, 5.74) is 3.08. The summed E-state index contributed by atoms with van der Waals surface area (Å²) in [6.45, 7) is 10.6. The van der Waals surface area contributed by atoms with E-state index in [0.717, 1.165) is 38.2 Å². The molecule has 37 heavy (non-hydrogen) atoms. The fourth-order valence-electron chi connectivity index (χ4n) is 3.67. The Balaban J connectivity index is 0.000000583. The Morgan fingerprint density at radius 2 is 1.22 bits per heavy atom. The molecule has 0 spiro atoms. The molecule has 1 aliphatic carbocycles. The summed E-state index contributed by atoms with van der Waals surface area (Å²) in [5.74, 6) is -0.123. The van der Waals surface area contributed by atoms with Crippen molar-refractivity contribution >= 4 is 27.2 Å². The van der Waals surface area contributed by atoms with Gasteiger partial charge in [-0.15, -0.1) is 0 Å². The molecule has 0 aromatic heterocycles. The number of hydrogen-bond donors (Lipinski definition) is 7. The highest BCUT2D eigenvalue weighted by atomic mass is 31.2. The van der Waals surface area contributed by atoms with E-state index in [9.17, 15) is 9.59 Å². The molecule has 0 fully saturated rings. The molecule has 1 atom stereocenters. The molecule has 14 heteroatoms. The highest BCUT2D eigenvalue weighted by Gasteiger charge is 2.29. The van der Waals surface area contributed by atoms with Crippen molar-refractivity contribution in [2.75, 3.05) is 26.2 Å². The number of rotatable bonds is 8. The smallest absolute Gasteiger partial charge is 0.310 e. The van der Waals surface area contributed by atoms with Crippen LogP contribution in [0.1, 0.15) is 70.6 Å². The molecule has 0 bridgehead atoms. The van der Waals surface area contributed by atoms with E-state index in [1.165, 1.54) is 0 Å². The van der Waals surface area contributed by atoms with Crippen molar-refractivity contribution in [3.05, 3.63) is 70.3 Å². The van der Waals surface area contributed by atoms with Gasteiger partial charge in [0.15, 0.2) is 11.6 Å². The van der Waals surface area contributed by atoms with Crippen LogP contribution < -0.4 is 5.32 Å². The lowest BCUT2D eigenvalue weighted by molar-refractivity contribution is 0.0979. The zero-order valence-corrected chi connectivity index (χ0v) is 22.6. The van der Waals surface area contributed by atoms with Crippen molar-refractivity contribution in [2.45, 2.75) is 33.2 Å². The second-order valence-corrected chi connectivity index (χ2v) is 10.1. The van der Waals surface area contributed by atoms with Crippen molar-refractivity contribution < 1.29 is 48.1 Å². The fourth-order valence-corrected chi connectivity index (χ4v) is 3.67. The summed E-state index contributed by atoms with van der Waals surface area (Å²) in [5, 5.41) is 3.53. The Morgan fingerprint density at radius 3 is 1.68 bits per heavy atom. The molecular formula is C23H34N2O10P2. The van der Waals surface area contributed by atoms with E-state index in [1.807, 2.05) is 12.1 Å². The van der Waals surface area contributed by atoms with Crippen LogP contribution in [-0.4, -0.2) is 72.0 Å². The maximum absolute atomic E-state index is 12.9. The number of carbonyl (C=O) groups excluding carboxylic acids is 2. The van der Waals surface area contributed by atoms with Gasteiger partial charge in [0.25, 0.3) is 0 Å². The molecule has 1 unspecified atom stereocenters. The number of benzene rings is 2. The van der Waals surface area contributed by atoms with Crippen molar-refractivity contribution in [1.29, 1.82) is 0 Å². The summed E-state index contributed by atoms with van der Waals surface area (Å²) in [4.78, 5) is 71.1. The van der Waals surface area contributed by atoms with Crippen molar-refractivity contribution in [1.82, 2.24) is 10.2 Å². The molecule has 0 heterocycles. The molecule has 7 N–H and O–H groups in total. The molecule has 12 nitrogen and oxygen atoms in total. The highest BCUT2D eigenvalue weighted by Crippen LogP contribution is 2.29. The molecule has 0 aliphatic heterocycles. The van der Waals surface area contributed by atoms with Crippen LogP contribution in [0.5, 0.6) is 0 Å². The predicted molar refractivity (Wildman–Crippen MR) is 137 cm³/mol. The lowest BCUT2D eigenvalue weighted by atomic mass is 9.83. The van der Waals surface area contributed by atoms with Crippen LogP contribution in [0.15, 0.2) is 42.5 Å². The van der Waals surface area contributed by atoms with Gasteiger partial charge in [-0.3, -0.25) is 9.59 Å². The van der Waals surface area contributed by atoms with Gasteiger partial charge >= 0.3 is 15.6 Å². The van der Waals surface area contributed by atoms with Gasteiger partial charge in [-0.1, -0.05) is 44.2 Å². The summed E-state index contributed by atoms with van der Waals surface area (Å²) in [7, 11) is -9.28. The van der Waals surface area contributed by atoms with Gasteiger partial charge in [-0.25, -0.2) is 9.13 Å². The molecular weight excluding hydrogens is 526 g/mol. The minimum atomic E-state index is -4.64. The SMILES string of the molecule is CCN(CC)CCCNC(C)c1ccc2c(c1)C(=O)c1ccccc1C2=O.O=P(O)(O)O.O=P(O)(O)O. The Morgan fingerprint density at radius 1 is 0.784 bits per heavy atom. The second-order valence-electron chi connectivity index (χ2n) is 8.09. The van der Waals surface area contributed by atoms with Crippen LogP contribution in [0.3, 0.4) is 0 Å². The number of carbonyl (C=O) groups is 2. The largest absolute Gasteiger partial charge is 0.466 e. The molecule has 0 radical (unpaired) electrons. The molecule has 2 aromatic rings. The lowest BCUT2D eigenvalue weighted by Gasteiger charge is -2.21. The van der Waals surface area contributed by atoms with Crippen LogP contribution in [-0.2, 0) is 9.13 Å². The van der Waals surface area contributed by atoms with Crippen molar-refractivity contribution in [3.63, 3.8) is 0 Å². The van der Waals surface area contributed by atoms with Crippen LogP contribution in [0.2, 0.25) is 0 Å². The molecule has 1 aliphatic rings. The van der Waals surface area contributed by atoms with Crippen LogP contribution in [0, 0.1) is 0 Å². The van der Waals surface area contributed by atoms with Gasteiger partial charge in [-0.2, -0.15) is 0 Å². The number of nitrogens with zero attached hydrogens (tertiary/aromatic N) is 1. The minimum absolute atomic E-state index is 0.0595. The van der Waals surface area contributed by atoms with E-state index in [4.69, 9.17) is 38.5 Å². The molecule has 0 saturated carbocycles. The van der Waals surface area contributed by atoms with Gasteiger partial charge in [0.05, 0.1) is 0 Å². The maximum atomic E-state index is 12.9. The standard InChI is InChI=1S/C23H28N2O2.2H3O4P/c1-4-25(5-2)14-8-13-24-16(3)17-11-12-20-21(15-17)23(27)19-10-7-6-9-18(19)22(20)26;2*1-5(2,3)4/h6-7,9-12,15-16,24H,4-5,8,13-14H2,1-3H3;2*(H3,1,2,3,4). The summed E-state index contributed by atoms with van der Waals surface area (Å²) in [6.07, 6.45) is 1.09. The first kappa shape index (κ1) is 32.9. The number of phosphoric acid groups is 2. The monoisotopic (exact) mass is 560 g/mol. The van der Waals surface area contributed by atoms with Gasteiger partial charge < -0.3 is 39.6 Å². The van der Waals surface area contributed by atoms with E-state index in [2.05, 4.69) is 31.0 Å². The first-order valence-corrected chi connectivity index (χ1v) is 14.5. The summed E-state index contributed by atoms with van der Waals surface area (Å²) < 4.78 is 17.8. The van der Waals surface area contributed by atoms with Crippen molar-refractivity contribution in [2.24, 2.45) is 0 Å². The third-order valence-corrected chi connectivity index (χ3v) is 5.45. The van der Waals surface area contributed by atoms with Crippen LogP contribution in [0.4, 0.5) is 0 Å². The average Bonchev–Trinajstić information content (AvgIpc) is 2.80. The molecule has 0 saturated heterocycles. The molecule has 0 amide bonds. The Labute approximate surface area is 215 Å². The predicted octanol–water partition coefficient (Wildman–Crippen LogP) is 1.99. The van der Waals surface area contributed by atoms with Crippen LogP contribution in [0.25, 0.3) is 0 Å². The Bertz CT molecular complexity index is 1120. The van der Waals surface area contributed by atoms with E-state index in [1.54, 1.807) is 30.3 Å². The quantitative estimate of drug-likeness (QED) is 0.156.